The maximum absolute atomic E-state index is 12.9. The SMILES string of the molecule is O=C(Nc1ccc(F)cc1)c1cnc(Nc2cccc(C(F)(F)F)c2)cn1. The number of rotatable bonds is 4. The van der Waals surface area contributed by atoms with Crippen LogP contribution in [-0.4, -0.2) is 15.9 Å². The molecule has 5 nitrogen and oxygen atoms in total. The van der Waals surface area contributed by atoms with Crippen LogP contribution >= 0.6 is 0 Å². The molecule has 1 amide bonds. The molecule has 2 aromatic carbocycles. The molecule has 0 aliphatic heterocycles. The van der Waals surface area contributed by atoms with E-state index in [9.17, 15) is 22.4 Å². The van der Waals surface area contributed by atoms with Gasteiger partial charge in [-0.3, -0.25) is 4.79 Å². The lowest BCUT2D eigenvalue weighted by molar-refractivity contribution is -0.137. The summed E-state index contributed by atoms with van der Waals surface area (Å²) in [7, 11) is 0. The molecule has 138 valence electrons. The van der Waals surface area contributed by atoms with Gasteiger partial charge in [0.05, 0.1) is 18.0 Å². The Morgan fingerprint density at radius 2 is 1.67 bits per heavy atom. The fourth-order valence-electron chi connectivity index (χ4n) is 2.16. The van der Waals surface area contributed by atoms with Gasteiger partial charge in [0, 0.05) is 11.4 Å². The topological polar surface area (TPSA) is 66.9 Å². The first kappa shape index (κ1) is 18.3. The molecule has 0 fully saturated rings. The minimum atomic E-state index is -4.45. The molecule has 0 saturated heterocycles. The van der Waals surface area contributed by atoms with Crippen LogP contribution in [-0.2, 0) is 6.18 Å². The van der Waals surface area contributed by atoms with Gasteiger partial charge in [0.1, 0.15) is 17.3 Å². The Morgan fingerprint density at radius 1 is 0.926 bits per heavy atom. The van der Waals surface area contributed by atoms with Crippen molar-refractivity contribution in [2.45, 2.75) is 6.18 Å². The number of carbonyl (C=O) groups is 1. The van der Waals surface area contributed by atoms with Crippen molar-refractivity contribution in [2.75, 3.05) is 10.6 Å². The van der Waals surface area contributed by atoms with Crippen LogP contribution in [0.4, 0.5) is 34.8 Å². The standard InChI is InChI=1S/C18H12F4N4O/c19-12-4-6-13(7-5-12)26-17(27)15-9-24-16(10-23-15)25-14-3-1-2-11(8-14)18(20,21)22/h1-10H,(H,24,25)(H,26,27). The van der Waals surface area contributed by atoms with E-state index in [0.717, 1.165) is 12.1 Å². The fourth-order valence-corrected chi connectivity index (χ4v) is 2.16. The zero-order valence-corrected chi connectivity index (χ0v) is 13.6. The van der Waals surface area contributed by atoms with E-state index in [2.05, 4.69) is 20.6 Å². The Kier molecular flexibility index (Phi) is 5.02. The molecule has 27 heavy (non-hydrogen) atoms. The van der Waals surface area contributed by atoms with Crippen molar-refractivity contribution in [2.24, 2.45) is 0 Å². The normalized spacial score (nSPS) is 11.1. The Hall–Kier alpha value is -3.49. The molecule has 0 unspecified atom stereocenters. The van der Waals surface area contributed by atoms with E-state index >= 15 is 0 Å². The molecule has 3 aromatic rings. The Labute approximate surface area is 151 Å². The molecular weight excluding hydrogens is 364 g/mol. The summed E-state index contributed by atoms with van der Waals surface area (Å²) >= 11 is 0. The zero-order valence-electron chi connectivity index (χ0n) is 13.6. The minimum Gasteiger partial charge on any atom is -0.339 e. The minimum absolute atomic E-state index is 0.00563. The number of amides is 1. The summed E-state index contributed by atoms with van der Waals surface area (Å²) in [4.78, 5) is 20.0. The van der Waals surface area contributed by atoms with Crippen LogP contribution < -0.4 is 10.6 Å². The van der Waals surface area contributed by atoms with Gasteiger partial charge in [0.25, 0.3) is 5.91 Å². The number of carbonyl (C=O) groups excluding carboxylic acids is 1. The first-order valence-corrected chi connectivity index (χ1v) is 7.64. The van der Waals surface area contributed by atoms with Gasteiger partial charge in [-0.2, -0.15) is 13.2 Å². The smallest absolute Gasteiger partial charge is 0.339 e. The van der Waals surface area contributed by atoms with E-state index in [-0.39, 0.29) is 17.2 Å². The number of benzene rings is 2. The number of aromatic nitrogens is 2. The molecular formula is C18H12F4N4O. The van der Waals surface area contributed by atoms with Crippen molar-refractivity contribution >= 4 is 23.1 Å². The maximum Gasteiger partial charge on any atom is 0.416 e. The van der Waals surface area contributed by atoms with Crippen molar-refractivity contribution < 1.29 is 22.4 Å². The third-order valence-electron chi connectivity index (χ3n) is 3.45. The van der Waals surface area contributed by atoms with Crippen LogP contribution in [0.3, 0.4) is 0 Å². The molecule has 0 radical (unpaired) electrons. The number of nitrogens with one attached hydrogen (secondary N) is 2. The van der Waals surface area contributed by atoms with Crippen molar-refractivity contribution in [1.82, 2.24) is 9.97 Å². The van der Waals surface area contributed by atoms with Gasteiger partial charge in [-0.1, -0.05) is 6.07 Å². The van der Waals surface area contributed by atoms with Gasteiger partial charge in [0.2, 0.25) is 0 Å². The van der Waals surface area contributed by atoms with Crippen LogP contribution in [0.5, 0.6) is 0 Å². The third kappa shape index (κ3) is 4.78. The molecule has 9 heteroatoms. The van der Waals surface area contributed by atoms with E-state index in [1.807, 2.05) is 0 Å². The first-order chi connectivity index (χ1) is 12.8. The molecule has 0 aliphatic carbocycles. The average molecular weight is 376 g/mol. The molecule has 0 aliphatic rings. The predicted octanol–water partition coefficient (Wildman–Crippen LogP) is 4.63. The number of alkyl halides is 3. The van der Waals surface area contributed by atoms with Crippen LogP contribution in [0.1, 0.15) is 16.1 Å². The highest BCUT2D eigenvalue weighted by atomic mass is 19.4. The van der Waals surface area contributed by atoms with Crippen LogP contribution in [0.25, 0.3) is 0 Å². The van der Waals surface area contributed by atoms with Gasteiger partial charge in [0.15, 0.2) is 0 Å². The highest BCUT2D eigenvalue weighted by Crippen LogP contribution is 2.31. The van der Waals surface area contributed by atoms with E-state index < -0.39 is 23.5 Å². The van der Waals surface area contributed by atoms with Crippen molar-refractivity contribution in [3.8, 4) is 0 Å². The Balaban J connectivity index is 1.68. The molecule has 3 rings (SSSR count). The number of anilines is 3. The lowest BCUT2D eigenvalue weighted by atomic mass is 10.2. The van der Waals surface area contributed by atoms with E-state index in [1.165, 1.54) is 48.8 Å². The number of hydrogen-bond acceptors (Lipinski definition) is 4. The molecule has 0 saturated carbocycles. The van der Waals surface area contributed by atoms with Crippen LogP contribution in [0.15, 0.2) is 60.9 Å². The molecule has 2 N–H and O–H groups in total. The molecule has 1 aromatic heterocycles. The second kappa shape index (κ2) is 7.40. The van der Waals surface area contributed by atoms with Gasteiger partial charge >= 0.3 is 6.18 Å². The summed E-state index contributed by atoms with van der Waals surface area (Å²) < 4.78 is 51.0. The summed E-state index contributed by atoms with van der Waals surface area (Å²) in [5, 5.41) is 5.22. The van der Waals surface area contributed by atoms with Crippen molar-refractivity contribution in [3.63, 3.8) is 0 Å². The average Bonchev–Trinajstić information content (AvgIpc) is 2.64. The summed E-state index contributed by atoms with van der Waals surface area (Å²) in [5.74, 6) is -0.815. The van der Waals surface area contributed by atoms with Crippen LogP contribution in [0, 0.1) is 5.82 Å². The number of nitrogens with zero attached hydrogens (tertiary/aromatic N) is 2. The molecule has 1 heterocycles. The molecule has 0 spiro atoms. The second-order valence-corrected chi connectivity index (χ2v) is 5.45. The number of hydrogen-bond donors (Lipinski definition) is 2. The lowest BCUT2D eigenvalue weighted by Gasteiger charge is -2.10. The monoisotopic (exact) mass is 376 g/mol. The zero-order chi connectivity index (χ0) is 19.4. The van der Waals surface area contributed by atoms with Crippen molar-refractivity contribution in [1.29, 1.82) is 0 Å². The molecule has 0 atom stereocenters. The third-order valence-corrected chi connectivity index (χ3v) is 3.45. The highest BCUT2D eigenvalue weighted by molar-refractivity contribution is 6.02. The first-order valence-electron chi connectivity index (χ1n) is 7.64. The summed E-state index contributed by atoms with van der Waals surface area (Å²) in [6.07, 6.45) is -2.06. The predicted molar refractivity (Wildman–Crippen MR) is 91.1 cm³/mol. The van der Waals surface area contributed by atoms with Crippen molar-refractivity contribution in [3.05, 3.63) is 78.0 Å². The quantitative estimate of drug-likeness (QED) is 0.652. The van der Waals surface area contributed by atoms with Gasteiger partial charge in [-0.15, -0.1) is 0 Å². The van der Waals surface area contributed by atoms with Gasteiger partial charge in [-0.25, -0.2) is 14.4 Å². The summed E-state index contributed by atoms with van der Waals surface area (Å²) in [6.45, 7) is 0. The highest BCUT2D eigenvalue weighted by Gasteiger charge is 2.30. The Morgan fingerprint density at radius 3 is 2.30 bits per heavy atom. The lowest BCUT2D eigenvalue weighted by Crippen LogP contribution is -2.14. The van der Waals surface area contributed by atoms with E-state index in [4.69, 9.17) is 0 Å². The van der Waals surface area contributed by atoms with Gasteiger partial charge < -0.3 is 10.6 Å². The van der Waals surface area contributed by atoms with E-state index in [1.54, 1.807) is 0 Å². The fraction of sp³-hybridized carbons (Fsp3) is 0.0556. The summed E-state index contributed by atoms with van der Waals surface area (Å²) in [6, 6.07) is 9.80. The number of halogens is 4. The second-order valence-electron chi connectivity index (χ2n) is 5.45. The Bertz CT molecular complexity index is 941. The largest absolute Gasteiger partial charge is 0.416 e. The molecule has 0 bridgehead atoms. The van der Waals surface area contributed by atoms with Gasteiger partial charge in [-0.05, 0) is 42.5 Å². The van der Waals surface area contributed by atoms with Crippen LogP contribution in [0.2, 0.25) is 0 Å². The van der Waals surface area contributed by atoms with E-state index in [0.29, 0.717) is 5.69 Å². The maximum atomic E-state index is 12.9. The summed E-state index contributed by atoms with van der Waals surface area (Å²) in [5.41, 5.74) is -0.235.